The number of anilines is 2. The molecule has 0 aliphatic heterocycles. The molecule has 3 aromatic rings. The lowest BCUT2D eigenvalue weighted by molar-refractivity contribution is 1.19. The highest BCUT2D eigenvalue weighted by Crippen LogP contribution is 2.18. The van der Waals surface area contributed by atoms with E-state index in [1.165, 1.54) is 16.7 Å². The first-order valence-corrected chi connectivity index (χ1v) is 7.26. The molecule has 0 aliphatic rings. The Hall–Kier alpha value is -2.54. The van der Waals surface area contributed by atoms with Gasteiger partial charge in [0.25, 0.3) is 0 Å². The summed E-state index contributed by atoms with van der Waals surface area (Å²) < 4.78 is 0. The molecule has 0 saturated carbocycles. The Bertz CT molecular complexity index is 682. The maximum atomic E-state index is 3.42. The Kier molecular flexibility index (Phi) is 4.02. The first-order valence-electron chi connectivity index (χ1n) is 7.26. The van der Waals surface area contributed by atoms with E-state index in [1.807, 2.05) is 0 Å². The molecular formula is C20H19N. The Morgan fingerprint density at radius 3 is 1.76 bits per heavy atom. The predicted molar refractivity (Wildman–Crippen MR) is 90.2 cm³/mol. The maximum absolute atomic E-state index is 3.42. The smallest absolute Gasteiger partial charge is 0.0384 e. The van der Waals surface area contributed by atoms with Crippen LogP contribution >= 0.6 is 0 Å². The molecule has 0 aromatic heterocycles. The molecule has 3 aromatic carbocycles. The van der Waals surface area contributed by atoms with Crippen LogP contribution in [0.2, 0.25) is 0 Å². The fourth-order valence-electron chi connectivity index (χ4n) is 2.34. The highest BCUT2D eigenvalue weighted by Gasteiger charge is 1.98. The van der Waals surface area contributed by atoms with Gasteiger partial charge in [-0.3, -0.25) is 0 Å². The van der Waals surface area contributed by atoms with Crippen molar-refractivity contribution in [3.05, 3.63) is 95.6 Å². The van der Waals surface area contributed by atoms with Gasteiger partial charge >= 0.3 is 0 Å². The van der Waals surface area contributed by atoms with Crippen LogP contribution in [0.3, 0.4) is 0 Å². The van der Waals surface area contributed by atoms with E-state index in [-0.39, 0.29) is 0 Å². The Morgan fingerprint density at radius 1 is 0.619 bits per heavy atom. The van der Waals surface area contributed by atoms with E-state index < -0.39 is 0 Å². The van der Waals surface area contributed by atoms with Crippen molar-refractivity contribution in [2.75, 3.05) is 5.32 Å². The van der Waals surface area contributed by atoms with Crippen LogP contribution in [-0.4, -0.2) is 0 Å². The van der Waals surface area contributed by atoms with Crippen LogP contribution < -0.4 is 5.32 Å². The van der Waals surface area contributed by atoms with E-state index in [4.69, 9.17) is 0 Å². The molecule has 0 heterocycles. The van der Waals surface area contributed by atoms with Crippen LogP contribution in [0.1, 0.15) is 16.7 Å². The highest BCUT2D eigenvalue weighted by molar-refractivity contribution is 5.60. The molecule has 0 unspecified atom stereocenters. The normalized spacial score (nSPS) is 10.3. The lowest BCUT2D eigenvalue weighted by Gasteiger charge is -2.08. The van der Waals surface area contributed by atoms with Crippen molar-refractivity contribution in [2.45, 2.75) is 13.3 Å². The third kappa shape index (κ3) is 3.73. The van der Waals surface area contributed by atoms with Crippen molar-refractivity contribution in [1.82, 2.24) is 0 Å². The molecule has 3 rings (SSSR count). The van der Waals surface area contributed by atoms with Gasteiger partial charge < -0.3 is 5.32 Å². The van der Waals surface area contributed by atoms with Gasteiger partial charge in [-0.1, -0.05) is 60.2 Å². The second kappa shape index (κ2) is 6.27. The average Bonchev–Trinajstić information content (AvgIpc) is 2.53. The standard InChI is InChI=1S/C20H19N/c1-16-7-11-19(12-8-16)21-20-13-9-18(10-14-20)15-17-5-3-2-4-6-17/h2-14,21H,15H2,1H3. The molecule has 0 fully saturated rings. The van der Waals surface area contributed by atoms with Crippen molar-refractivity contribution in [3.8, 4) is 0 Å². The van der Waals surface area contributed by atoms with Crippen molar-refractivity contribution in [3.63, 3.8) is 0 Å². The molecule has 0 amide bonds. The van der Waals surface area contributed by atoms with E-state index in [9.17, 15) is 0 Å². The van der Waals surface area contributed by atoms with Crippen LogP contribution in [0, 0.1) is 6.92 Å². The lowest BCUT2D eigenvalue weighted by Crippen LogP contribution is -1.92. The zero-order valence-corrected chi connectivity index (χ0v) is 12.2. The van der Waals surface area contributed by atoms with Gasteiger partial charge in [0.1, 0.15) is 0 Å². The summed E-state index contributed by atoms with van der Waals surface area (Å²) in [7, 11) is 0. The van der Waals surface area contributed by atoms with Gasteiger partial charge in [0.05, 0.1) is 0 Å². The number of hydrogen-bond acceptors (Lipinski definition) is 1. The summed E-state index contributed by atoms with van der Waals surface area (Å²) in [6.07, 6.45) is 0.978. The van der Waals surface area contributed by atoms with Crippen LogP contribution in [0.25, 0.3) is 0 Å². The average molecular weight is 273 g/mol. The summed E-state index contributed by atoms with van der Waals surface area (Å²) in [5, 5.41) is 3.42. The molecule has 0 atom stereocenters. The second-order valence-electron chi connectivity index (χ2n) is 5.35. The molecule has 0 radical (unpaired) electrons. The number of nitrogens with one attached hydrogen (secondary N) is 1. The minimum Gasteiger partial charge on any atom is -0.356 e. The van der Waals surface area contributed by atoms with Crippen LogP contribution in [0.15, 0.2) is 78.9 Å². The Balaban J connectivity index is 1.68. The minimum absolute atomic E-state index is 0.978. The number of rotatable bonds is 4. The predicted octanol–water partition coefficient (Wildman–Crippen LogP) is 5.33. The largest absolute Gasteiger partial charge is 0.356 e. The van der Waals surface area contributed by atoms with Crippen molar-refractivity contribution in [2.24, 2.45) is 0 Å². The molecule has 0 bridgehead atoms. The zero-order valence-electron chi connectivity index (χ0n) is 12.2. The second-order valence-corrected chi connectivity index (χ2v) is 5.35. The van der Waals surface area contributed by atoms with Crippen molar-refractivity contribution >= 4 is 11.4 Å². The summed E-state index contributed by atoms with van der Waals surface area (Å²) in [6.45, 7) is 2.10. The van der Waals surface area contributed by atoms with E-state index in [1.54, 1.807) is 0 Å². The number of benzene rings is 3. The molecule has 1 N–H and O–H groups in total. The first kappa shape index (κ1) is 13.4. The Labute approximate surface area is 126 Å². The molecule has 21 heavy (non-hydrogen) atoms. The van der Waals surface area contributed by atoms with E-state index in [0.29, 0.717) is 0 Å². The fraction of sp³-hybridized carbons (Fsp3) is 0.100. The summed E-state index contributed by atoms with van der Waals surface area (Å²) in [5.74, 6) is 0. The van der Waals surface area contributed by atoms with Gasteiger partial charge in [-0.2, -0.15) is 0 Å². The third-order valence-corrected chi connectivity index (χ3v) is 3.55. The maximum Gasteiger partial charge on any atom is 0.0384 e. The topological polar surface area (TPSA) is 12.0 Å². The van der Waals surface area contributed by atoms with Gasteiger partial charge in [-0.05, 0) is 48.7 Å². The first-order chi connectivity index (χ1) is 10.3. The van der Waals surface area contributed by atoms with Crippen molar-refractivity contribution in [1.29, 1.82) is 0 Å². The van der Waals surface area contributed by atoms with Gasteiger partial charge in [0, 0.05) is 11.4 Å². The third-order valence-electron chi connectivity index (χ3n) is 3.55. The quantitative estimate of drug-likeness (QED) is 0.677. The molecule has 0 spiro atoms. The molecule has 1 heteroatoms. The minimum atomic E-state index is 0.978. The molecule has 0 aliphatic carbocycles. The lowest BCUT2D eigenvalue weighted by atomic mass is 10.0. The molecular weight excluding hydrogens is 254 g/mol. The summed E-state index contributed by atoms with van der Waals surface area (Å²) in [6, 6.07) is 27.6. The molecule has 0 saturated heterocycles. The summed E-state index contributed by atoms with van der Waals surface area (Å²) in [5.41, 5.74) is 6.19. The Morgan fingerprint density at radius 2 is 1.14 bits per heavy atom. The van der Waals surface area contributed by atoms with Crippen molar-refractivity contribution < 1.29 is 0 Å². The van der Waals surface area contributed by atoms with Gasteiger partial charge in [0.15, 0.2) is 0 Å². The fourth-order valence-corrected chi connectivity index (χ4v) is 2.34. The van der Waals surface area contributed by atoms with Gasteiger partial charge in [-0.15, -0.1) is 0 Å². The molecule has 104 valence electrons. The number of aryl methyl sites for hydroxylation is 1. The van der Waals surface area contributed by atoms with Gasteiger partial charge in [-0.25, -0.2) is 0 Å². The SMILES string of the molecule is Cc1ccc(Nc2ccc(Cc3ccccc3)cc2)cc1. The van der Waals surface area contributed by atoms with E-state index in [2.05, 4.69) is 91.1 Å². The summed E-state index contributed by atoms with van der Waals surface area (Å²) in [4.78, 5) is 0. The molecule has 1 nitrogen and oxygen atoms in total. The number of hydrogen-bond donors (Lipinski definition) is 1. The van der Waals surface area contributed by atoms with Crippen LogP contribution in [0.4, 0.5) is 11.4 Å². The summed E-state index contributed by atoms with van der Waals surface area (Å²) >= 11 is 0. The van der Waals surface area contributed by atoms with E-state index in [0.717, 1.165) is 17.8 Å². The van der Waals surface area contributed by atoms with Gasteiger partial charge in [0.2, 0.25) is 0 Å². The highest BCUT2D eigenvalue weighted by atomic mass is 14.9. The zero-order chi connectivity index (χ0) is 14.5. The van der Waals surface area contributed by atoms with Crippen LogP contribution in [-0.2, 0) is 6.42 Å². The van der Waals surface area contributed by atoms with Crippen LogP contribution in [0.5, 0.6) is 0 Å². The van der Waals surface area contributed by atoms with E-state index >= 15 is 0 Å². The monoisotopic (exact) mass is 273 g/mol.